The maximum Gasteiger partial charge on any atom is 0.234 e. The Morgan fingerprint density at radius 3 is 2.52 bits per heavy atom. The molecular weight excluding hydrogens is 336 g/mol. The molecular formula is C19H30N2O3S. The lowest BCUT2D eigenvalue weighted by Crippen LogP contribution is -2.45. The SMILES string of the molecule is CC(CC(C)(C)c1ccccc1)NC(=O)CN(C)C1CCS(=O)(=O)C1. The predicted molar refractivity (Wildman–Crippen MR) is 101 cm³/mol. The first-order valence-electron chi connectivity index (χ1n) is 8.85. The molecule has 0 aliphatic carbocycles. The van der Waals surface area contributed by atoms with Crippen LogP contribution in [0.15, 0.2) is 30.3 Å². The van der Waals surface area contributed by atoms with E-state index >= 15 is 0 Å². The number of hydrogen-bond acceptors (Lipinski definition) is 4. The Morgan fingerprint density at radius 1 is 1.32 bits per heavy atom. The molecule has 1 heterocycles. The minimum absolute atomic E-state index is 0.0284. The van der Waals surface area contributed by atoms with Gasteiger partial charge in [0.15, 0.2) is 9.84 Å². The fourth-order valence-corrected chi connectivity index (χ4v) is 5.43. The van der Waals surface area contributed by atoms with Gasteiger partial charge in [-0.15, -0.1) is 0 Å². The van der Waals surface area contributed by atoms with Crippen LogP contribution in [0.4, 0.5) is 0 Å². The summed E-state index contributed by atoms with van der Waals surface area (Å²) < 4.78 is 23.1. The highest BCUT2D eigenvalue weighted by Crippen LogP contribution is 2.28. The molecule has 1 N–H and O–H groups in total. The molecule has 1 amide bonds. The van der Waals surface area contributed by atoms with E-state index in [-0.39, 0.29) is 41.5 Å². The van der Waals surface area contributed by atoms with E-state index in [9.17, 15) is 13.2 Å². The zero-order valence-electron chi connectivity index (χ0n) is 15.7. The quantitative estimate of drug-likeness (QED) is 0.801. The number of carbonyl (C=O) groups excluding carboxylic acids is 1. The molecule has 25 heavy (non-hydrogen) atoms. The standard InChI is InChI=1S/C19H30N2O3S/c1-15(12-19(2,3)16-8-6-5-7-9-16)20-18(22)13-21(4)17-10-11-25(23,24)14-17/h5-9,15,17H,10-14H2,1-4H3,(H,20,22). The number of nitrogens with one attached hydrogen (secondary N) is 1. The molecule has 0 saturated carbocycles. The van der Waals surface area contributed by atoms with Gasteiger partial charge in [0.1, 0.15) is 0 Å². The highest BCUT2D eigenvalue weighted by atomic mass is 32.2. The summed E-state index contributed by atoms with van der Waals surface area (Å²) in [6.45, 7) is 6.61. The number of sulfone groups is 1. The number of benzene rings is 1. The molecule has 140 valence electrons. The fourth-order valence-electron chi connectivity index (χ4n) is 3.62. The van der Waals surface area contributed by atoms with Gasteiger partial charge in [0.05, 0.1) is 18.1 Å². The molecule has 1 aliphatic rings. The number of likely N-dealkylation sites (N-methyl/N-ethyl adjacent to an activating group) is 1. The molecule has 1 aliphatic heterocycles. The lowest BCUT2D eigenvalue weighted by atomic mass is 9.79. The van der Waals surface area contributed by atoms with Gasteiger partial charge in [-0.25, -0.2) is 8.42 Å². The molecule has 6 heteroatoms. The molecule has 2 atom stereocenters. The number of carbonyl (C=O) groups is 1. The van der Waals surface area contributed by atoms with Gasteiger partial charge in [0.2, 0.25) is 5.91 Å². The van der Waals surface area contributed by atoms with Crippen LogP contribution in [-0.4, -0.2) is 56.4 Å². The monoisotopic (exact) mass is 366 g/mol. The van der Waals surface area contributed by atoms with Crippen molar-refractivity contribution in [2.24, 2.45) is 0 Å². The summed E-state index contributed by atoms with van der Waals surface area (Å²) in [5.41, 5.74) is 1.23. The summed E-state index contributed by atoms with van der Waals surface area (Å²) in [5.74, 6) is 0.335. The van der Waals surface area contributed by atoms with Crippen LogP contribution in [0.3, 0.4) is 0 Å². The van der Waals surface area contributed by atoms with Gasteiger partial charge in [-0.2, -0.15) is 0 Å². The van der Waals surface area contributed by atoms with E-state index in [0.717, 1.165) is 6.42 Å². The topological polar surface area (TPSA) is 66.5 Å². The zero-order valence-corrected chi connectivity index (χ0v) is 16.5. The summed E-state index contributed by atoms with van der Waals surface area (Å²) >= 11 is 0. The fraction of sp³-hybridized carbons (Fsp3) is 0.632. The van der Waals surface area contributed by atoms with Crippen LogP contribution in [0.1, 0.15) is 39.2 Å². The van der Waals surface area contributed by atoms with Gasteiger partial charge in [-0.1, -0.05) is 44.2 Å². The van der Waals surface area contributed by atoms with Crippen molar-refractivity contribution in [1.29, 1.82) is 0 Å². The highest BCUT2D eigenvalue weighted by Gasteiger charge is 2.31. The largest absolute Gasteiger partial charge is 0.353 e. The van der Waals surface area contributed by atoms with Crippen LogP contribution < -0.4 is 5.32 Å². The van der Waals surface area contributed by atoms with Crippen LogP contribution in [-0.2, 0) is 20.0 Å². The molecule has 0 radical (unpaired) electrons. The van der Waals surface area contributed by atoms with E-state index in [2.05, 4.69) is 31.3 Å². The number of amides is 1. The second-order valence-corrected chi connectivity index (χ2v) is 10.1. The average molecular weight is 367 g/mol. The van der Waals surface area contributed by atoms with Gasteiger partial charge in [-0.3, -0.25) is 9.69 Å². The lowest BCUT2D eigenvalue weighted by molar-refractivity contribution is -0.123. The van der Waals surface area contributed by atoms with E-state index < -0.39 is 9.84 Å². The van der Waals surface area contributed by atoms with Crippen molar-refractivity contribution in [3.63, 3.8) is 0 Å². The minimum atomic E-state index is -2.93. The Labute approximate surface area is 151 Å². The molecule has 2 unspecified atom stereocenters. The first-order valence-corrected chi connectivity index (χ1v) is 10.7. The predicted octanol–water partition coefficient (Wildman–Crippen LogP) is 1.98. The van der Waals surface area contributed by atoms with Crippen molar-refractivity contribution < 1.29 is 13.2 Å². The highest BCUT2D eigenvalue weighted by molar-refractivity contribution is 7.91. The van der Waals surface area contributed by atoms with Crippen molar-refractivity contribution in [2.75, 3.05) is 25.1 Å². The van der Waals surface area contributed by atoms with Crippen LogP contribution in [0.25, 0.3) is 0 Å². The normalized spacial score (nSPS) is 21.2. The lowest BCUT2D eigenvalue weighted by Gasteiger charge is -2.30. The Morgan fingerprint density at radius 2 is 1.96 bits per heavy atom. The Hall–Kier alpha value is -1.40. The van der Waals surface area contributed by atoms with Crippen molar-refractivity contribution in [3.05, 3.63) is 35.9 Å². The summed E-state index contributed by atoms with van der Waals surface area (Å²) in [5, 5.41) is 3.05. The Kier molecular flexibility index (Phi) is 6.27. The number of rotatable bonds is 7. The third kappa shape index (κ3) is 5.82. The summed E-state index contributed by atoms with van der Waals surface area (Å²) in [6.07, 6.45) is 1.45. The maximum absolute atomic E-state index is 12.3. The van der Waals surface area contributed by atoms with Crippen molar-refractivity contribution >= 4 is 15.7 Å². The summed E-state index contributed by atoms with van der Waals surface area (Å²) in [7, 11) is -1.10. The van der Waals surface area contributed by atoms with Gasteiger partial charge in [0, 0.05) is 12.1 Å². The molecule has 0 aromatic heterocycles. The number of hydrogen-bond donors (Lipinski definition) is 1. The second kappa shape index (κ2) is 7.87. The van der Waals surface area contributed by atoms with Gasteiger partial charge in [0.25, 0.3) is 0 Å². The van der Waals surface area contributed by atoms with E-state index in [1.165, 1.54) is 5.56 Å². The van der Waals surface area contributed by atoms with Gasteiger partial charge < -0.3 is 5.32 Å². The number of nitrogens with zero attached hydrogens (tertiary/aromatic N) is 1. The minimum Gasteiger partial charge on any atom is -0.353 e. The average Bonchev–Trinajstić information content (AvgIpc) is 2.87. The first kappa shape index (κ1) is 19.9. The van der Waals surface area contributed by atoms with Gasteiger partial charge in [-0.05, 0) is 37.8 Å². The molecule has 2 rings (SSSR count). The van der Waals surface area contributed by atoms with Crippen molar-refractivity contribution in [3.8, 4) is 0 Å². The summed E-state index contributed by atoms with van der Waals surface area (Å²) in [4.78, 5) is 14.2. The van der Waals surface area contributed by atoms with E-state index in [4.69, 9.17) is 0 Å². The second-order valence-electron chi connectivity index (χ2n) is 7.89. The van der Waals surface area contributed by atoms with E-state index in [0.29, 0.717) is 6.42 Å². The Balaban J connectivity index is 1.84. The zero-order chi connectivity index (χ0) is 18.7. The molecule has 0 spiro atoms. The van der Waals surface area contributed by atoms with Crippen LogP contribution in [0, 0.1) is 0 Å². The van der Waals surface area contributed by atoms with Crippen LogP contribution in [0.5, 0.6) is 0 Å². The van der Waals surface area contributed by atoms with Crippen molar-refractivity contribution in [1.82, 2.24) is 10.2 Å². The van der Waals surface area contributed by atoms with Crippen molar-refractivity contribution in [2.45, 2.75) is 51.1 Å². The molecule has 1 fully saturated rings. The molecule has 1 aromatic carbocycles. The molecule has 5 nitrogen and oxygen atoms in total. The van der Waals surface area contributed by atoms with Gasteiger partial charge >= 0.3 is 0 Å². The van der Waals surface area contributed by atoms with Crippen LogP contribution in [0.2, 0.25) is 0 Å². The van der Waals surface area contributed by atoms with E-state index in [1.807, 2.05) is 37.1 Å². The molecule has 0 bridgehead atoms. The maximum atomic E-state index is 12.3. The Bertz CT molecular complexity index is 686. The molecule has 1 saturated heterocycles. The smallest absolute Gasteiger partial charge is 0.234 e. The summed E-state index contributed by atoms with van der Waals surface area (Å²) in [6, 6.07) is 10.3. The molecule has 1 aromatic rings. The van der Waals surface area contributed by atoms with Crippen LogP contribution >= 0.6 is 0 Å². The first-order chi connectivity index (χ1) is 11.6. The third-order valence-electron chi connectivity index (χ3n) is 5.00. The third-order valence-corrected chi connectivity index (χ3v) is 6.75. The van der Waals surface area contributed by atoms with E-state index in [1.54, 1.807) is 0 Å².